The highest BCUT2D eigenvalue weighted by Gasteiger charge is 2.23. The molecule has 0 radical (unpaired) electrons. The fourth-order valence-corrected chi connectivity index (χ4v) is 7.81. The van der Waals surface area contributed by atoms with E-state index >= 15 is 0 Å². The second kappa shape index (κ2) is 19.5. The zero-order valence-corrected chi connectivity index (χ0v) is 36.1. The van der Waals surface area contributed by atoms with Gasteiger partial charge in [-0.05, 0) is 67.6 Å². The van der Waals surface area contributed by atoms with Crippen LogP contribution in [0.25, 0.3) is 0 Å². The zero-order valence-electron chi connectivity index (χ0n) is 36.1. The van der Waals surface area contributed by atoms with Crippen LogP contribution in [0.15, 0.2) is 60.7 Å². The van der Waals surface area contributed by atoms with Gasteiger partial charge in [0.1, 0.15) is 57.5 Å². The molecule has 12 nitrogen and oxygen atoms in total. The summed E-state index contributed by atoms with van der Waals surface area (Å²) >= 11 is 0. The third-order valence-electron chi connectivity index (χ3n) is 10.8. The van der Waals surface area contributed by atoms with Crippen molar-refractivity contribution in [2.24, 2.45) is 0 Å². The maximum Gasteiger partial charge on any atom is 0.344 e. The lowest BCUT2D eigenvalue weighted by molar-refractivity contribution is -0.145. The largest absolute Gasteiger partial charge is 0.496 e. The van der Waals surface area contributed by atoms with Crippen LogP contribution in [0.4, 0.5) is 0 Å². The average molecular weight is 823 g/mol. The van der Waals surface area contributed by atoms with E-state index in [1.165, 1.54) is 0 Å². The molecule has 0 saturated heterocycles. The number of hydrogen-bond acceptors (Lipinski definition) is 12. The number of carbonyl (C=O) groups is 1. The van der Waals surface area contributed by atoms with Crippen LogP contribution in [0.1, 0.15) is 62.6 Å². The predicted octanol–water partition coefficient (Wildman–Crippen LogP) is 7.97. The molecule has 0 N–H and O–H groups in total. The number of rotatable bonds is 13. The summed E-state index contributed by atoms with van der Waals surface area (Å²) < 4.78 is 65.4. The number of esters is 1. The fraction of sp³-hybridized carbons (Fsp3) is 0.354. The fourth-order valence-electron chi connectivity index (χ4n) is 7.81. The van der Waals surface area contributed by atoms with E-state index in [-0.39, 0.29) is 13.2 Å². The van der Waals surface area contributed by atoms with Crippen LogP contribution in [0, 0.1) is 0 Å². The molecule has 318 valence electrons. The first-order chi connectivity index (χ1) is 29.1. The van der Waals surface area contributed by atoms with Gasteiger partial charge in [0.25, 0.3) is 0 Å². The molecule has 10 aliphatic rings. The van der Waals surface area contributed by atoms with E-state index in [2.05, 4.69) is 0 Å². The van der Waals surface area contributed by atoms with Crippen molar-refractivity contribution in [2.75, 3.05) is 77.2 Å². The summed E-state index contributed by atoms with van der Waals surface area (Å²) in [5.74, 6) is 5.98. The maximum absolute atomic E-state index is 12.6. The topological polar surface area (TPSA) is 119 Å². The van der Waals surface area contributed by atoms with Crippen LogP contribution in [0.3, 0.4) is 0 Å². The summed E-state index contributed by atoms with van der Waals surface area (Å²) in [5, 5.41) is 0. The van der Waals surface area contributed by atoms with Crippen LogP contribution in [-0.4, -0.2) is 83.2 Å². The van der Waals surface area contributed by atoms with Gasteiger partial charge >= 0.3 is 5.97 Å². The summed E-state index contributed by atoms with van der Waals surface area (Å²) in [4.78, 5) is 12.6. The molecule has 5 aromatic carbocycles. The molecule has 5 aromatic rings. The minimum atomic E-state index is -0.481. The Bertz CT molecular complexity index is 2330. The summed E-state index contributed by atoms with van der Waals surface area (Å²) in [6.07, 6.45) is 2.14. The van der Waals surface area contributed by atoms with Gasteiger partial charge in [0.2, 0.25) is 0 Å². The summed E-state index contributed by atoms with van der Waals surface area (Å²) in [6, 6.07) is 19.7. The highest BCUT2D eigenvalue weighted by atomic mass is 16.6. The van der Waals surface area contributed by atoms with Crippen molar-refractivity contribution in [1.82, 2.24) is 0 Å². The van der Waals surface area contributed by atoms with E-state index in [0.29, 0.717) is 89.6 Å². The molecule has 0 spiro atoms. The van der Waals surface area contributed by atoms with Gasteiger partial charge in [0.15, 0.2) is 6.61 Å². The minimum Gasteiger partial charge on any atom is -0.496 e. The van der Waals surface area contributed by atoms with Gasteiger partial charge in [-0.1, -0.05) is 0 Å². The molecule has 0 saturated carbocycles. The van der Waals surface area contributed by atoms with Crippen LogP contribution in [0.2, 0.25) is 0 Å². The molecule has 0 heterocycles. The number of ether oxygens (including phenoxy) is 11. The predicted molar refractivity (Wildman–Crippen MR) is 227 cm³/mol. The van der Waals surface area contributed by atoms with Crippen molar-refractivity contribution in [2.45, 2.75) is 39.0 Å². The Hall–Kier alpha value is -6.43. The molecule has 15 rings (SSSR count). The van der Waals surface area contributed by atoms with E-state index in [9.17, 15) is 4.79 Å². The van der Waals surface area contributed by atoms with Crippen molar-refractivity contribution in [3.05, 3.63) is 116 Å². The van der Waals surface area contributed by atoms with Gasteiger partial charge in [-0.2, -0.15) is 0 Å². The third kappa shape index (κ3) is 9.22. The molecule has 10 aliphatic carbocycles. The minimum absolute atomic E-state index is 0.234. The van der Waals surface area contributed by atoms with Crippen molar-refractivity contribution >= 4 is 5.97 Å². The molecule has 0 aliphatic heterocycles. The molecule has 60 heavy (non-hydrogen) atoms. The Morgan fingerprint density at radius 2 is 0.533 bits per heavy atom. The van der Waals surface area contributed by atoms with E-state index in [4.69, 9.17) is 52.1 Å². The lowest BCUT2D eigenvalue weighted by atomic mass is 9.94. The van der Waals surface area contributed by atoms with Gasteiger partial charge in [-0.25, -0.2) is 4.79 Å². The molecule has 0 amide bonds. The van der Waals surface area contributed by atoms with Gasteiger partial charge in [-0.15, -0.1) is 0 Å². The number of hydrogen-bond donors (Lipinski definition) is 0. The van der Waals surface area contributed by atoms with Crippen molar-refractivity contribution in [3.8, 4) is 57.5 Å². The van der Waals surface area contributed by atoms with Crippen molar-refractivity contribution in [1.29, 1.82) is 0 Å². The number of carbonyl (C=O) groups excluding carboxylic acids is 1. The molecular formula is C48H54O12. The van der Waals surface area contributed by atoms with Gasteiger partial charge < -0.3 is 52.1 Å². The van der Waals surface area contributed by atoms with Crippen LogP contribution in [0.5, 0.6) is 57.5 Å². The first-order valence-electron chi connectivity index (χ1n) is 19.6. The Morgan fingerprint density at radius 3 is 0.717 bits per heavy atom. The highest BCUT2D eigenvalue weighted by molar-refractivity contribution is 5.71. The Morgan fingerprint density at radius 1 is 0.350 bits per heavy atom. The monoisotopic (exact) mass is 822 g/mol. The van der Waals surface area contributed by atoms with Gasteiger partial charge in [0, 0.05) is 87.7 Å². The second-order valence-electron chi connectivity index (χ2n) is 14.2. The molecule has 0 unspecified atom stereocenters. The van der Waals surface area contributed by atoms with Crippen molar-refractivity contribution in [3.63, 3.8) is 0 Å². The van der Waals surface area contributed by atoms with Crippen LogP contribution < -0.4 is 47.4 Å². The third-order valence-corrected chi connectivity index (χ3v) is 10.8. The summed E-state index contributed by atoms with van der Waals surface area (Å²) in [5.41, 5.74) is 8.60. The average Bonchev–Trinajstić information content (AvgIpc) is 3.26. The Balaban J connectivity index is 1.61. The maximum atomic E-state index is 12.6. The Kier molecular flexibility index (Phi) is 14.1. The second-order valence-corrected chi connectivity index (χ2v) is 14.2. The molecule has 0 fully saturated rings. The van der Waals surface area contributed by atoms with Gasteiger partial charge in [-0.3, -0.25) is 0 Å². The van der Waals surface area contributed by atoms with Crippen molar-refractivity contribution < 1.29 is 56.9 Å². The summed E-state index contributed by atoms with van der Waals surface area (Å²) in [6.45, 7) is 1.71. The first kappa shape index (κ1) is 43.2. The lowest BCUT2D eigenvalue weighted by Gasteiger charge is -2.20. The smallest absolute Gasteiger partial charge is 0.344 e. The van der Waals surface area contributed by atoms with E-state index < -0.39 is 5.97 Å². The SMILES string of the molecule is CCOC(=O)COc1cc2c(OC)cc1Cc1cc(OC)c(cc1OC)Cc1cc(OC)c(cc1OC)Cc1cc(OC)c(cc1OC)Cc1cc(OC)c(cc1OC)C2. The van der Waals surface area contributed by atoms with E-state index in [0.717, 1.165) is 55.6 Å². The molecule has 10 bridgehead atoms. The van der Waals surface area contributed by atoms with E-state index in [1.54, 1.807) is 70.9 Å². The lowest BCUT2D eigenvalue weighted by Crippen LogP contribution is -2.15. The zero-order chi connectivity index (χ0) is 42.9. The normalized spacial score (nSPS) is 12.0. The standard InChI is InChI=1S/C48H54O12/c1-11-59-48(49)27-60-47-26-36-15-34-23-42(54-6)32(21-43(34)55-7)13-30-19-38(50-2)28(17-39(30)51-3)12-29-18-41(53-5)31(20-40(29)52-4)14-33-22-45(57-9)35(24-44(33)56-8)16-37(47)25-46(36)58-10/h17-26H,11-16,27H2,1-10H3. The van der Waals surface area contributed by atoms with Gasteiger partial charge in [0.05, 0.1) is 70.6 Å². The number of methoxy groups -OCH3 is 9. The first-order valence-corrected chi connectivity index (χ1v) is 19.6. The molecular weight excluding hydrogens is 769 g/mol. The molecule has 0 aromatic heterocycles. The number of benzene rings is 5. The summed E-state index contributed by atoms with van der Waals surface area (Å²) in [7, 11) is 14.8. The highest BCUT2D eigenvalue weighted by Crippen LogP contribution is 2.42. The Labute approximate surface area is 352 Å². The van der Waals surface area contributed by atoms with E-state index in [1.807, 2.05) is 60.7 Å². The molecule has 0 atom stereocenters. The van der Waals surface area contributed by atoms with Crippen LogP contribution in [-0.2, 0) is 41.6 Å². The molecule has 12 heteroatoms. The quantitative estimate of drug-likeness (QED) is 0.105. The van der Waals surface area contributed by atoms with Crippen LogP contribution >= 0.6 is 0 Å².